The third kappa shape index (κ3) is 2.81. The van der Waals surface area contributed by atoms with Crippen molar-refractivity contribution in [3.63, 3.8) is 0 Å². The van der Waals surface area contributed by atoms with Gasteiger partial charge in [-0.3, -0.25) is 0 Å². The highest BCUT2D eigenvalue weighted by molar-refractivity contribution is 7.13. The van der Waals surface area contributed by atoms with E-state index in [2.05, 4.69) is 51.3 Å². The normalized spacial score (nSPS) is 10.8. The molecule has 2 N–H and O–H groups in total. The summed E-state index contributed by atoms with van der Waals surface area (Å²) in [5, 5.41) is 2.09. The molecule has 0 aliphatic carbocycles. The first-order valence-corrected chi connectivity index (χ1v) is 7.56. The Morgan fingerprint density at radius 2 is 1.90 bits per heavy atom. The Morgan fingerprint density at radius 1 is 1.10 bits per heavy atom. The van der Waals surface area contributed by atoms with E-state index in [-0.39, 0.29) is 0 Å². The lowest BCUT2D eigenvalue weighted by Gasteiger charge is -2.08. The monoisotopic (exact) mass is 283 g/mol. The fraction of sp³-hybridized carbons (Fsp3) is 0.188. The Kier molecular flexibility index (Phi) is 3.95. The molecule has 0 spiro atoms. The van der Waals surface area contributed by atoms with Gasteiger partial charge in [-0.25, -0.2) is 4.98 Å². The molecule has 4 heteroatoms. The van der Waals surface area contributed by atoms with E-state index in [4.69, 9.17) is 5.73 Å². The predicted molar refractivity (Wildman–Crippen MR) is 83.8 cm³/mol. The van der Waals surface area contributed by atoms with E-state index in [1.54, 1.807) is 11.3 Å². The van der Waals surface area contributed by atoms with E-state index in [9.17, 15) is 0 Å². The second-order valence-corrected chi connectivity index (χ2v) is 5.69. The zero-order chi connectivity index (χ0) is 13.8. The Morgan fingerprint density at radius 3 is 2.60 bits per heavy atom. The summed E-state index contributed by atoms with van der Waals surface area (Å²) in [6, 6.07) is 12.8. The van der Waals surface area contributed by atoms with Crippen LogP contribution in [0.25, 0.3) is 10.6 Å². The number of benzene rings is 1. The van der Waals surface area contributed by atoms with Crippen molar-refractivity contribution in [2.75, 3.05) is 6.54 Å². The fourth-order valence-electron chi connectivity index (χ4n) is 2.25. The smallest absolute Gasteiger partial charge is 0.0954 e. The van der Waals surface area contributed by atoms with Crippen LogP contribution in [0, 0.1) is 0 Å². The first-order valence-electron chi connectivity index (χ1n) is 6.68. The highest BCUT2D eigenvalue weighted by Gasteiger charge is 2.06. The van der Waals surface area contributed by atoms with Crippen molar-refractivity contribution >= 4 is 11.3 Å². The fourth-order valence-corrected chi connectivity index (χ4v) is 3.00. The SMILES string of the molecule is NCCc1ccc(Cn2cncc2-c2cccs2)cc1. The topological polar surface area (TPSA) is 43.8 Å². The zero-order valence-corrected chi connectivity index (χ0v) is 12.0. The average Bonchev–Trinajstić information content (AvgIpc) is 3.12. The lowest BCUT2D eigenvalue weighted by Crippen LogP contribution is -2.03. The Hall–Kier alpha value is -1.91. The number of nitrogens with zero attached hydrogens (tertiary/aromatic N) is 2. The van der Waals surface area contributed by atoms with Gasteiger partial charge in [0.1, 0.15) is 0 Å². The molecule has 20 heavy (non-hydrogen) atoms. The molecule has 0 saturated carbocycles. The highest BCUT2D eigenvalue weighted by Crippen LogP contribution is 2.24. The second-order valence-electron chi connectivity index (χ2n) is 4.74. The van der Waals surface area contributed by atoms with Crippen LogP contribution in [0.1, 0.15) is 11.1 Å². The molecular weight excluding hydrogens is 266 g/mol. The van der Waals surface area contributed by atoms with Gasteiger partial charge in [0.2, 0.25) is 0 Å². The molecule has 0 aliphatic rings. The van der Waals surface area contributed by atoms with E-state index < -0.39 is 0 Å². The standard InChI is InChI=1S/C16H17N3S/c17-8-7-13-3-5-14(6-4-13)11-19-12-18-10-15(19)16-2-1-9-20-16/h1-6,9-10,12H,7-8,11,17H2. The van der Waals surface area contributed by atoms with Crippen molar-refractivity contribution < 1.29 is 0 Å². The van der Waals surface area contributed by atoms with Crippen molar-refractivity contribution in [2.24, 2.45) is 5.73 Å². The molecule has 0 unspecified atom stereocenters. The third-order valence-electron chi connectivity index (χ3n) is 3.29. The van der Waals surface area contributed by atoms with Crippen molar-refractivity contribution in [3.05, 3.63) is 65.4 Å². The molecule has 0 aliphatic heterocycles. The zero-order valence-electron chi connectivity index (χ0n) is 11.2. The van der Waals surface area contributed by atoms with Crippen LogP contribution < -0.4 is 5.73 Å². The van der Waals surface area contributed by atoms with Gasteiger partial charge in [-0.15, -0.1) is 11.3 Å². The van der Waals surface area contributed by atoms with Gasteiger partial charge in [0, 0.05) is 6.54 Å². The Labute approximate surface area is 122 Å². The molecule has 0 fully saturated rings. The lowest BCUT2D eigenvalue weighted by molar-refractivity contribution is 0.805. The highest BCUT2D eigenvalue weighted by atomic mass is 32.1. The summed E-state index contributed by atoms with van der Waals surface area (Å²) in [6.45, 7) is 1.54. The van der Waals surface area contributed by atoms with Crippen LogP contribution in [0.5, 0.6) is 0 Å². The van der Waals surface area contributed by atoms with Gasteiger partial charge in [0.05, 0.1) is 23.1 Å². The molecule has 3 nitrogen and oxygen atoms in total. The number of hydrogen-bond donors (Lipinski definition) is 1. The first-order chi connectivity index (χ1) is 9.86. The largest absolute Gasteiger partial charge is 0.330 e. The Bertz CT molecular complexity index is 653. The van der Waals surface area contributed by atoms with E-state index in [0.29, 0.717) is 6.54 Å². The molecule has 1 aromatic carbocycles. The van der Waals surface area contributed by atoms with Gasteiger partial charge < -0.3 is 10.3 Å². The van der Waals surface area contributed by atoms with Gasteiger partial charge in [0.25, 0.3) is 0 Å². The van der Waals surface area contributed by atoms with Gasteiger partial charge >= 0.3 is 0 Å². The number of nitrogens with two attached hydrogens (primary N) is 1. The quantitative estimate of drug-likeness (QED) is 0.781. The van der Waals surface area contributed by atoms with Crippen molar-refractivity contribution in [1.29, 1.82) is 0 Å². The van der Waals surface area contributed by atoms with Gasteiger partial charge in [-0.2, -0.15) is 0 Å². The van der Waals surface area contributed by atoms with Gasteiger partial charge in [-0.05, 0) is 35.5 Å². The van der Waals surface area contributed by atoms with Crippen molar-refractivity contribution in [1.82, 2.24) is 9.55 Å². The maximum atomic E-state index is 5.57. The van der Waals surface area contributed by atoms with E-state index in [0.717, 1.165) is 13.0 Å². The number of hydrogen-bond acceptors (Lipinski definition) is 3. The molecule has 3 rings (SSSR count). The van der Waals surface area contributed by atoms with Crippen molar-refractivity contribution in [2.45, 2.75) is 13.0 Å². The first kappa shape index (κ1) is 13.1. The van der Waals surface area contributed by atoms with Crippen LogP contribution >= 0.6 is 11.3 Å². The second kappa shape index (κ2) is 6.03. The molecule has 0 bridgehead atoms. The van der Waals surface area contributed by atoms with Gasteiger partial charge in [0.15, 0.2) is 0 Å². The van der Waals surface area contributed by atoms with E-state index in [1.807, 2.05) is 12.5 Å². The maximum Gasteiger partial charge on any atom is 0.0954 e. The number of thiophene rings is 1. The van der Waals surface area contributed by atoms with Crippen LogP contribution in [0.2, 0.25) is 0 Å². The molecule has 0 atom stereocenters. The van der Waals surface area contributed by atoms with E-state index >= 15 is 0 Å². The summed E-state index contributed by atoms with van der Waals surface area (Å²) in [5.41, 5.74) is 9.31. The van der Waals surface area contributed by atoms with E-state index in [1.165, 1.54) is 21.7 Å². The molecule has 102 valence electrons. The van der Waals surface area contributed by atoms with Crippen molar-refractivity contribution in [3.8, 4) is 10.6 Å². The summed E-state index contributed by atoms with van der Waals surface area (Å²) in [4.78, 5) is 5.53. The number of imidazole rings is 1. The van der Waals surface area contributed by atoms with Crippen LogP contribution in [0.4, 0.5) is 0 Å². The molecule has 0 saturated heterocycles. The van der Waals surface area contributed by atoms with Crippen LogP contribution in [0.15, 0.2) is 54.3 Å². The molecule has 2 heterocycles. The summed E-state index contributed by atoms with van der Waals surface area (Å²) in [5.74, 6) is 0. The lowest BCUT2D eigenvalue weighted by atomic mass is 10.1. The molecule has 0 radical (unpaired) electrons. The average molecular weight is 283 g/mol. The minimum Gasteiger partial charge on any atom is -0.330 e. The predicted octanol–water partition coefficient (Wildman–Crippen LogP) is 3.16. The number of rotatable bonds is 5. The minimum absolute atomic E-state index is 0.698. The molecule has 0 amide bonds. The van der Waals surface area contributed by atoms with Crippen LogP contribution in [0.3, 0.4) is 0 Å². The summed E-state index contributed by atoms with van der Waals surface area (Å²) in [6.07, 6.45) is 4.75. The summed E-state index contributed by atoms with van der Waals surface area (Å²) in [7, 11) is 0. The third-order valence-corrected chi connectivity index (χ3v) is 4.19. The van der Waals surface area contributed by atoms with Crippen LogP contribution in [-0.4, -0.2) is 16.1 Å². The Balaban J connectivity index is 1.80. The maximum absolute atomic E-state index is 5.57. The molecular formula is C16H17N3S. The van der Waals surface area contributed by atoms with Crippen LogP contribution in [-0.2, 0) is 13.0 Å². The minimum atomic E-state index is 0.698. The summed E-state index contributed by atoms with van der Waals surface area (Å²) < 4.78 is 2.18. The molecule has 3 aromatic rings. The number of aromatic nitrogens is 2. The molecule has 2 aromatic heterocycles. The summed E-state index contributed by atoms with van der Waals surface area (Å²) >= 11 is 1.74. The van der Waals surface area contributed by atoms with Gasteiger partial charge in [-0.1, -0.05) is 30.3 Å².